The zero-order valence-corrected chi connectivity index (χ0v) is 13.2. The molecule has 0 aliphatic heterocycles. The second-order valence-electron chi connectivity index (χ2n) is 7.21. The Labute approximate surface area is 123 Å². The van der Waals surface area contributed by atoms with Crippen LogP contribution in [0.4, 0.5) is 4.39 Å². The average molecular weight is 277 g/mol. The summed E-state index contributed by atoms with van der Waals surface area (Å²) in [6, 6.07) is 7.61. The molecule has 0 bridgehead atoms. The summed E-state index contributed by atoms with van der Waals surface area (Å²) in [6.07, 6.45) is 4.91. The molecule has 1 fully saturated rings. The zero-order valence-electron chi connectivity index (χ0n) is 13.2. The molecule has 1 N–H and O–H groups in total. The lowest BCUT2D eigenvalue weighted by molar-refractivity contribution is 0.0980. The number of benzene rings is 1. The molecule has 1 aromatic rings. The van der Waals surface area contributed by atoms with Crippen LogP contribution in [0, 0.1) is 23.1 Å². The maximum Gasteiger partial charge on any atom is 0.123 e. The summed E-state index contributed by atoms with van der Waals surface area (Å²) in [4.78, 5) is 0. The minimum absolute atomic E-state index is 0.147. The molecule has 0 heterocycles. The minimum Gasteiger partial charge on any atom is -0.317 e. The SMILES string of the molecule is CNC1CC(C)CCC1C(C)(C)Cc1ccc(F)cc1. The second kappa shape index (κ2) is 6.26. The third kappa shape index (κ3) is 3.60. The molecule has 20 heavy (non-hydrogen) atoms. The van der Waals surface area contributed by atoms with Crippen LogP contribution in [-0.4, -0.2) is 13.1 Å². The summed E-state index contributed by atoms with van der Waals surface area (Å²) in [5, 5.41) is 3.53. The highest BCUT2D eigenvalue weighted by Crippen LogP contribution is 2.42. The molecule has 1 nitrogen and oxygen atoms in total. The van der Waals surface area contributed by atoms with Crippen molar-refractivity contribution in [2.45, 2.75) is 52.5 Å². The highest BCUT2D eigenvalue weighted by Gasteiger charge is 2.38. The number of halogens is 1. The molecule has 112 valence electrons. The highest BCUT2D eigenvalue weighted by molar-refractivity contribution is 5.18. The van der Waals surface area contributed by atoms with Gasteiger partial charge in [0.15, 0.2) is 0 Å². The van der Waals surface area contributed by atoms with Gasteiger partial charge in [-0.3, -0.25) is 0 Å². The van der Waals surface area contributed by atoms with Crippen molar-refractivity contribution < 1.29 is 4.39 Å². The number of rotatable bonds is 4. The van der Waals surface area contributed by atoms with Gasteiger partial charge in [0.25, 0.3) is 0 Å². The Bertz CT molecular complexity index is 424. The molecule has 1 aliphatic carbocycles. The minimum atomic E-state index is -0.147. The molecule has 0 radical (unpaired) electrons. The van der Waals surface area contributed by atoms with Gasteiger partial charge < -0.3 is 5.32 Å². The van der Waals surface area contributed by atoms with E-state index in [2.05, 4.69) is 33.1 Å². The lowest BCUT2D eigenvalue weighted by Crippen LogP contribution is -2.46. The third-order valence-electron chi connectivity index (χ3n) is 5.06. The first-order valence-electron chi connectivity index (χ1n) is 7.84. The molecule has 3 atom stereocenters. The van der Waals surface area contributed by atoms with Crippen molar-refractivity contribution in [3.8, 4) is 0 Å². The van der Waals surface area contributed by atoms with Gasteiger partial charge in [-0.1, -0.05) is 39.3 Å². The molecule has 0 amide bonds. The van der Waals surface area contributed by atoms with Crippen molar-refractivity contribution in [1.29, 1.82) is 0 Å². The quantitative estimate of drug-likeness (QED) is 0.859. The highest BCUT2D eigenvalue weighted by atomic mass is 19.1. The van der Waals surface area contributed by atoms with Crippen molar-refractivity contribution in [3.63, 3.8) is 0 Å². The van der Waals surface area contributed by atoms with Gasteiger partial charge in [-0.25, -0.2) is 4.39 Å². The van der Waals surface area contributed by atoms with Crippen LogP contribution in [0.3, 0.4) is 0 Å². The van der Waals surface area contributed by atoms with E-state index in [1.807, 2.05) is 12.1 Å². The normalized spacial score (nSPS) is 27.6. The summed E-state index contributed by atoms with van der Waals surface area (Å²) in [5.41, 5.74) is 1.48. The monoisotopic (exact) mass is 277 g/mol. The molecule has 2 heteroatoms. The molecule has 0 saturated heterocycles. The van der Waals surface area contributed by atoms with Crippen LogP contribution in [0.15, 0.2) is 24.3 Å². The van der Waals surface area contributed by atoms with E-state index in [1.54, 1.807) is 12.1 Å². The molecular formula is C18H28FN. The van der Waals surface area contributed by atoms with E-state index in [0.717, 1.165) is 12.3 Å². The van der Waals surface area contributed by atoms with E-state index in [4.69, 9.17) is 0 Å². The Morgan fingerprint density at radius 1 is 1.20 bits per heavy atom. The van der Waals surface area contributed by atoms with Gasteiger partial charge in [0, 0.05) is 6.04 Å². The Morgan fingerprint density at radius 2 is 1.85 bits per heavy atom. The molecule has 3 unspecified atom stereocenters. The third-order valence-corrected chi connectivity index (χ3v) is 5.06. The first-order chi connectivity index (χ1) is 9.42. The van der Waals surface area contributed by atoms with Gasteiger partial charge in [-0.05, 0) is 61.3 Å². The fourth-order valence-electron chi connectivity index (χ4n) is 3.89. The topological polar surface area (TPSA) is 12.0 Å². The van der Waals surface area contributed by atoms with Crippen LogP contribution in [0.5, 0.6) is 0 Å². The molecule has 0 aromatic heterocycles. The van der Waals surface area contributed by atoms with Crippen molar-refractivity contribution in [2.75, 3.05) is 7.05 Å². The maximum atomic E-state index is 13.0. The Balaban J connectivity index is 2.10. The Morgan fingerprint density at radius 3 is 2.45 bits per heavy atom. The van der Waals surface area contributed by atoms with E-state index in [1.165, 1.54) is 24.8 Å². The predicted octanol–water partition coefficient (Wildman–Crippen LogP) is 4.42. The standard InChI is InChI=1S/C18H28FN/c1-13-5-10-16(17(11-13)20-4)18(2,3)12-14-6-8-15(19)9-7-14/h6-9,13,16-17,20H,5,10-12H2,1-4H3. The number of nitrogens with one attached hydrogen (secondary N) is 1. The molecular weight excluding hydrogens is 249 g/mol. The van der Waals surface area contributed by atoms with E-state index in [9.17, 15) is 4.39 Å². The molecule has 0 spiro atoms. The summed E-state index contributed by atoms with van der Waals surface area (Å²) in [6.45, 7) is 7.08. The first kappa shape index (κ1) is 15.5. The summed E-state index contributed by atoms with van der Waals surface area (Å²) in [5.74, 6) is 1.37. The average Bonchev–Trinajstić information content (AvgIpc) is 2.40. The van der Waals surface area contributed by atoms with Crippen LogP contribution in [0.25, 0.3) is 0 Å². The van der Waals surface area contributed by atoms with Gasteiger partial charge in [0.1, 0.15) is 5.82 Å². The van der Waals surface area contributed by atoms with Crippen molar-refractivity contribution in [1.82, 2.24) is 5.32 Å². The largest absolute Gasteiger partial charge is 0.317 e. The van der Waals surface area contributed by atoms with Gasteiger partial charge in [0.2, 0.25) is 0 Å². The van der Waals surface area contributed by atoms with Crippen molar-refractivity contribution >= 4 is 0 Å². The van der Waals surface area contributed by atoms with E-state index in [0.29, 0.717) is 12.0 Å². The summed E-state index contributed by atoms with van der Waals surface area (Å²) >= 11 is 0. The van der Waals surface area contributed by atoms with E-state index in [-0.39, 0.29) is 11.2 Å². The smallest absolute Gasteiger partial charge is 0.123 e. The van der Waals surface area contributed by atoms with Crippen LogP contribution < -0.4 is 5.32 Å². The maximum absolute atomic E-state index is 13.0. The Hall–Kier alpha value is -0.890. The van der Waals surface area contributed by atoms with Gasteiger partial charge in [-0.2, -0.15) is 0 Å². The molecule has 1 aromatic carbocycles. The fourth-order valence-corrected chi connectivity index (χ4v) is 3.89. The fraction of sp³-hybridized carbons (Fsp3) is 0.667. The lowest BCUT2D eigenvalue weighted by Gasteiger charge is -2.44. The van der Waals surface area contributed by atoms with Gasteiger partial charge >= 0.3 is 0 Å². The van der Waals surface area contributed by atoms with Crippen molar-refractivity contribution in [2.24, 2.45) is 17.3 Å². The van der Waals surface area contributed by atoms with Crippen LogP contribution in [0.2, 0.25) is 0 Å². The number of hydrogen-bond donors (Lipinski definition) is 1. The van der Waals surface area contributed by atoms with Gasteiger partial charge in [0.05, 0.1) is 0 Å². The predicted molar refractivity (Wildman–Crippen MR) is 83.2 cm³/mol. The Kier molecular flexibility index (Phi) is 4.85. The second-order valence-corrected chi connectivity index (χ2v) is 7.21. The molecule has 2 rings (SSSR count). The molecule has 1 saturated carbocycles. The van der Waals surface area contributed by atoms with Crippen LogP contribution >= 0.6 is 0 Å². The molecule has 1 aliphatic rings. The van der Waals surface area contributed by atoms with E-state index >= 15 is 0 Å². The van der Waals surface area contributed by atoms with Crippen LogP contribution in [-0.2, 0) is 6.42 Å². The summed E-state index contributed by atoms with van der Waals surface area (Å²) in [7, 11) is 2.09. The first-order valence-corrected chi connectivity index (χ1v) is 7.84. The van der Waals surface area contributed by atoms with Crippen LogP contribution in [0.1, 0.15) is 45.6 Å². The van der Waals surface area contributed by atoms with Crippen molar-refractivity contribution in [3.05, 3.63) is 35.6 Å². The van der Waals surface area contributed by atoms with Gasteiger partial charge in [-0.15, -0.1) is 0 Å². The van der Waals surface area contributed by atoms with E-state index < -0.39 is 0 Å². The zero-order chi connectivity index (χ0) is 14.8. The number of hydrogen-bond acceptors (Lipinski definition) is 1. The summed E-state index contributed by atoms with van der Waals surface area (Å²) < 4.78 is 13.0. The lowest BCUT2D eigenvalue weighted by atomic mass is 9.64.